The number of aromatic nitrogens is 5. The number of piperidine rings is 1. The Balaban J connectivity index is 1.58. The number of rotatable bonds is 6. The SMILES string of the molecule is Cc1c(C)n2c3c(=O)n(CCN4CCCCC4)c(=O)n(C)c3nc2n1CCc1ccccc1. The van der Waals surface area contributed by atoms with E-state index in [0.717, 1.165) is 49.8 Å². The third kappa shape index (κ3) is 3.72. The van der Waals surface area contributed by atoms with E-state index in [1.54, 1.807) is 7.05 Å². The largest absolute Gasteiger partial charge is 0.332 e. The summed E-state index contributed by atoms with van der Waals surface area (Å²) in [7, 11) is 1.71. The Morgan fingerprint density at radius 2 is 1.61 bits per heavy atom. The predicted molar refractivity (Wildman–Crippen MR) is 130 cm³/mol. The molecule has 8 heteroatoms. The van der Waals surface area contributed by atoms with E-state index in [-0.39, 0.29) is 11.2 Å². The van der Waals surface area contributed by atoms with Crippen molar-refractivity contribution < 1.29 is 0 Å². The van der Waals surface area contributed by atoms with Gasteiger partial charge in [-0.05, 0) is 51.8 Å². The minimum atomic E-state index is -0.296. The maximum absolute atomic E-state index is 13.6. The zero-order chi connectivity index (χ0) is 23.1. The van der Waals surface area contributed by atoms with Gasteiger partial charge in [0, 0.05) is 38.1 Å². The Hall–Kier alpha value is -3.13. The molecule has 0 saturated carbocycles. The summed E-state index contributed by atoms with van der Waals surface area (Å²) >= 11 is 0. The number of aryl methyl sites for hydroxylation is 4. The van der Waals surface area contributed by atoms with Gasteiger partial charge in [0.25, 0.3) is 5.56 Å². The van der Waals surface area contributed by atoms with Crippen LogP contribution in [-0.4, -0.2) is 47.6 Å². The van der Waals surface area contributed by atoms with Gasteiger partial charge < -0.3 is 9.47 Å². The van der Waals surface area contributed by atoms with Gasteiger partial charge in [-0.1, -0.05) is 36.8 Å². The fourth-order valence-corrected chi connectivity index (χ4v) is 5.09. The van der Waals surface area contributed by atoms with Crippen LogP contribution in [0.25, 0.3) is 16.9 Å². The number of likely N-dealkylation sites (tertiary alicyclic amines) is 1. The number of imidazole rings is 2. The Morgan fingerprint density at radius 3 is 2.33 bits per heavy atom. The number of hydrogen-bond donors (Lipinski definition) is 0. The molecular formula is C25H32N6O2. The molecule has 4 aromatic rings. The van der Waals surface area contributed by atoms with Crippen LogP contribution in [0.3, 0.4) is 0 Å². The van der Waals surface area contributed by atoms with E-state index in [9.17, 15) is 9.59 Å². The van der Waals surface area contributed by atoms with E-state index in [4.69, 9.17) is 4.98 Å². The van der Waals surface area contributed by atoms with Crippen molar-refractivity contribution >= 4 is 16.9 Å². The molecule has 1 fully saturated rings. The monoisotopic (exact) mass is 448 g/mol. The van der Waals surface area contributed by atoms with Crippen LogP contribution < -0.4 is 11.2 Å². The van der Waals surface area contributed by atoms with Crippen molar-refractivity contribution in [2.45, 2.75) is 52.6 Å². The Bertz CT molecular complexity index is 1420. The topological polar surface area (TPSA) is 69.5 Å². The molecular weight excluding hydrogens is 416 g/mol. The lowest BCUT2D eigenvalue weighted by molar-refractivity contribution is 0.218. The highest BCUT2D eigenvalue weighted by Crippen LogP contribution is 2.21. The molecule has 3 aromatic heterocycles. The van der Waals surface area contributed by atoms with E-state index >= 15 is 0 Å². The van der Waals surface area contributed by atoms with Gasteiger partial charge in [0.1, 0.15) is 0 Å². The summed E-state index contributed by atoms with van der Waals surface area (Å²) in [5.41, 5.74) is 3.72. The standard InChI is InChI=1S/C25H32N6O2/c1-18-19(2)31-21-22(26-24(31)29(18)15-12-20-10-6-4-7-11-20)27(3)25(33)30(23(21)32)17-16-28-13-8-5-9-14-28/h4,6-7,10-11H,5,8-9,12-17H2,1-3H3. The molecule has 1 aliphatic rings. The molecule has 1 aromatic carbocycles. The normalized spacial score (nSPS) is 15.1. The molecule has 4 heterocycles. The highest BCUT2D eigenvalue weighted by Gasteiger charge is 2.23. The summed E-state index contributed by atoms with van der Waals surface area (Å²) in [4.78, 5) is 33.8. The lowest BCUT2D eigenvalue weighted by Gasteiger charge is -2.26. The average Bonchev–Trinajstić information content (AvgIpc) is 3.33. The fraction of sp³-hybridized carbons (Fsp3) is 0.480. The van der Waals surface area contributed by atoms with Crippen LogP contribution in [0.1, 0.15) is 36.2 Å². The number of fused-ring (bicyclic) bond motifs is 3. The molecule has 0 amide bonds. The molecule has 0 aliphatic carbocycles. The molecule has 33 heavy (non-hydrogen) atoms. The van der Waals surface area contributed by atoms with Gasteiger partial charge in [-0.15, -0.1) is 0 Å². The summed E-state index contributed by atoms with van der Waals surface area (Å²) in [5, 5.41) is 0. The van der Waals surface area contributed by atoms with Crippen LogP contribution in [0.4, 0.5) is 0 Å². The maximum Gasteiger partial charge on any atom is 0.332 e. The van der Waals surface area contributed by atoms with Gasteiger partial charge >= 0.3 is 5.69 Å². The average molecular weight is 449 g/mol. The summed E-state index contributed by atoms with van der Waals surface area (Å²) in [6.45, 7) is 8.05. The summed E-state index contributed by atoms with van der Waals surface area (Å²) in [5.74, 6) is 0.719. The minimum absolute atomic E-state index is 0.249. The fourth-order valence-electron chi connectivity index (χ4n) is 5.09. The van der Waals surface area contributed by atoms with Crippen molar-refractivity contribution in [1.29, 1.82) is 0 Å². The van der Waals surface area contributed by atoms with Crippen LogP contribution in [0.5, 0.6) is 0 Å². The highest BCUT2D eigenvalue weighted by molar-refractivity contribution is 5.76. The lowest BCUT2D eigenvalue weighted by Crippen LogP contribution is -2.43. The van der Waals surface area contributed by atoms with Gasteiger partial charge in [-0.2, -0.15) is 4.98 Å². The van der Waals surface area contributed by atoms with Gasteiger partial charge in [0.15, 0.2) is 11.2 Å². The van der Waals surface area contributed by atoms with Crippen LogP contribution in [0, 0.1) is 13.8 Å². The highest BCUT2D eigenvalue weighted by atomic mass is 16.2. The Morgan fingerprint density at radius 1 is 0.879 bits per heavy atom. The first-order valence-electron chi connectivity index (χ1n) is 11.9. The molecule has 5 rings (SSSR count). The van der Waals surface area contributed by atoms with Gasteiger partial charge in [0.2, 0.25) is 5.78 Å². The third-order valence-electron chi connectivity index (χ3n) is 7.19. The first-order chi connectivity index (χ1) is 16.0. The van der Waals surface area contributed by atoms with Crippen LogP contribution in [0.15, 0.2) is 39.9 Å². The van der Waals surface area contributed by atoms with Crippen LogP contribution in [0.2, 0.25) is 0 Å². The quantitative estimate of drug-likeness (QED) is 0.455. The minimum Gasteiger partial charge on any atom is -0.314 e. The molecule has 0 N–H and O–H groups in total. The van der Waals surface area contributed by atoms with Crippen molar-refractivity contribution in [1.82, 2.24) is 28.0 Å². The molecule has 8 nitrogen and oxygen atoms in total. The first kappa shape index (κ1) is 21.7. The van der Waals surface area contributed by atoms with Crippen molar-refractivity contribution in [3.8, 4) is 0 Å². The van der Waals surface area contributed by atoms with Crippen LogP contribution in [-0.2, 0) is 26.6 Å². The second-order valence-electron chi connectivity index (χ2n) is 9.18. The molecule has 0 bridgehead atoms. The second kappa shape index (κ2) is 8.67. The van der Waals surface area contributed by atoms with Crippen molar-refractivity contribution in [2.24, 2.45) is 7.05 Å². The summed E-state index contributed by atoms with van der Waals surface area (Å²) in [6, 6.07) is 10.4. The Labute approximate surface area is 192 Å². The van der Waals surface area contributed by atoms with Gasteiger partial charge in [0.05, 0.1) is 0 Å². The maximum atomic E-state index is 13.6. The van der Waals surface area contributed by atoms with Crippen molar-refractivity contribution in [3.05, 3.63) is 68.1 Å². The van der Waals surface area contributed by atoms with Crippen molar-refractivity contribution in [2.75, 3.05) is 19.6 Å². The smallest absolute Gasteiger partial charge is 0.314 e. The molecule has 174 valence electrons. The third-order valence-corrected chi connectivity index (χ3v) is 7.19. The number of nitrogens with zero attached hydrogens (tertiary/aromatic N) is 6. The van der Waals surface area contributed by atoms with E-state index < -0.39 is 0 Å². The predicted octanol–water partition coefficient (Wildman–Crippen LogP) is 2.49. The molecule has 1 saturated heterocycles. The number of hydrogen-bond acceptors (Lipinski definition) is 4. The van der Waals surface area contributed by atoms with Crippen LogP contribution >= 0.6 is 0 Å². The second-order valence-corrected chi connectivity index (χ2v) is 9.18. The summed E-state index contributed by atoms with van der Waals surface area (Å²) in [6.07, 6.45) is 4.50. The first-order valence-corrected chi connectivity index (χ1v) is 11.9. The molecule has 0 atom stereocenters. The number of benzene rings is 1. The van der Waals surface area contributed by atoms with Crippen molar-refractivity contribution in [3.63, 3.8) is 0 Å². The van der Waals surface area contributed by atoms with E-state index in [1.807, 2.05) is 29.5 Å². The van der Waals surface area contributed by atoms with E-state index in [2.05, 4.69) is 28.5 Å². The Kier molecular flexibility index (Phi) is 5.70. The molecule has 0 spiro atoms. The van der Waals surface area contributed by atoms with E-state index in [1.165, 1.54) is 34.0 Å². The van der Waals surface area contributed by atoms with Gasteiger partial charge in [-0.3, -0.25) is 18.3 Å². The molecule has 0 radical (unpaired) electrons. The van der Waals surface area contributed by atoms with E-state index in [0.29, 0.717) is 17.7 Å². The molecule has 1 aliphatic heterocycles. The molecule has 0 unspecified atom stereocenters. The lowest BCUT2D eigenvalue weighted by atomic mass is 10.1. The van der Waals surface area contributed by atoms with Gasteiger partial charge in [-0.25, -0.2) is 4.79 Å². The summed E-state index contributed by atoms with van der Waals surface area (Å²) < 4.78 is 7.01. The zero-order valence-electron chi connectivity index (χ0n) is 19.8. The zero-order valence-corrected chi connectivity index (χ0v) is 19.8.